The van der Waals surface area contributed by atoms with Crippen molar-refractivity contribution in [3.05, 3.63) is 10.6 Å². The van der Waals surface area contributed by atoms with Crippen LogP contribution in [0.3, 0.4) is 0 Å². The van der Waals surface area contributed by atoms with Crippen LogP contribution in [0.2, 0.25) is 0 Å². The van der Waals surface area contributed by atoms with Crippen LogP contribution in [0.15, 0.2) is 0 Å². The summed E-state index contributed by atoms with van der Waals surface area (Å²) in [5.74, 6) is 0. The second-order valence-corrected chi connectivity index (χ2v) is 2.60. The van der Waals surface area contributed by atoms with Crippen LogP contribution in [0.4, 0.5) is 5.13 Å². The molecule has 0 bridgehead atoms. The van der Waals surface area contributed by atoms with Gasteiger partial charge in [-0.25, -0.2) is 4.98 Å². The summed E-state index contributed by atoms with van der Waals surface area (Å²) in [4.78, 5) is 14.3. The number of anilines is 1. The third-order valence-corrected chi connectivity index (χ3v) is 1.79. The van der Waals surface area contributed by atoms with Crippen LogP contribution in [-0.2, 0) is 4.79 Å². The molecule has 0 amide bonds. The van der Waals surface area contributed by atoms with Crippen LogP contribution >= 0.6 is 11.3 Å². The Labute approximate surface area is 56.5 Å². The molecule has 0 aliphatic rings. The molecule has 0 spiro atoms. The predicted octanol–water partition coefficient (Wildman–Crippen LogP) is 0.492. The predicted molar refractivity (Wildman–Crippen MR) is 36.1 cm³/mol. The van der Waals surface area contributed by atoms with E-state index in [1.54, 1.807) is 13.2 Å². The van der Waals surface area contributed by atoms with E-state index in [9.17, 15) is 4.79 Å². The van der Waals surface area contributed by atoms with Gasteiger partial charge in [0.1, 0.15) is 4.88 Å². The largest absolute Gasteiger partial charge is 0.375 e. The lowest BCUT2D eigenvalue weighted by Crippen LogP contribution is -1.81. The van der Waals surface area contributed by atoms with E-state index in [4.69, 9.17) is 5.73 Å². The van der Waals surface area contributed by atoms with Gasteiger partial charge < -0.3 is 5.73 Å². The lowest BCUT2D eigenvalue weighted by molar-refractivity contribution is 0.563. The number of thiazole rings is 1. The molecule has 2 N–H and O–H groups in total. The van der Waals surface area contributed by atoms with Crippen LogP contribution < -0.4 is 5.73 Å². The molecule has 0 atom stereocenters. The van der Waals surface area contributed by atoms with Gasteiger partial charge in [-0.05, 0) is 6.92 Å². The average molecular weight is 141 g/mol. The number of aromatic nitrogens is 1. The molecule has 1 aromatic heterocycles. The fraction of sp³-hybridized carbons (Fsp3) is 0.200. The molecule has 0 aliphatic heterocycles. The van der Waals surface area contributed by atoms with Gasteiger partial charge in [0.15, 0.2) is 5.13 Å². The van der Waals surface area contributed by atoms with Gasteiger partial charge in [-0.1, -0.05) is 11.3 Å². The van der Waals surface area contributed by atoms with Crippen molar-refractivity contribution in [3.8, 4) is 0 Å². The van der Waals surface area contributed by atoms with Crippen molar-refractivity contribution in [1.29, 1.82) is 0 Å². The van der Waals surface area contributed by atoms with Crippen molar-refractivity contribution >= 4 is 22.8 Å². The highest BCUT2D eigenvalue weighted by Gasteiger charge is 2.02. The fourth-order valence-electron chi connectivity index (χ4n) is 0.512. The number of carbonyl (C=O) groups excluding carboxylic acids is 1. The van der Waals surface area contributed by atoms with E-state index in [0.717, 1.165) is 11.3 Å². The second kappa shape index (κ2) is 2.14. The van der Waals surface area contributed by atoms with E-state index in [1.807, 2.05) is 0 Å². The van der Waals surface area contributed by atoms with Crippen LogP contribution in [0.5, 0.6) is 0 Å². The maximum Gasteiger partial charge on any atom is 0.246 e. The van der Waals surface area contributed by atoms with E-state index in [0.29, 0.717) is 15.7 Å². The second-order valence-electron chi connectivity index (χ2n) is 1.57. The number of nitrogens with two attached hydrogens (primary N) is 1. The topological polar surface area (TPSA) is 56.0 Å². The molecule has 3 nitrogen and oxygen atoms in total. The summed E-state index contributed by atoms with van der Waals surface area (Å²) in [7, 11) is 0. The normalized spacial score (nSPS) is 9.44. The highest BCUT2D eigenvalue weighted by molar-refractivity contribution is 7.17. The van der Waals surface area contributed by atoms with Crippen LogP contribution in [0.25, 0.3) is 0 Å². The number of hydrogen-bond acceptors (Lipinski definition) is 4. The standard InChI is InChI=1S/C5H5N2OS/c1-3-4(2-8)9-5(6)7-3/h1H3,(H2,6,7). The quantitative estimate of drug-likeness (QED) is 0.619. The minimum Gasteiger partial charge on any atom is -0.375 e. The summed E-state index contributed by atoms with van der Waals surface area (Å²) in [6.45, 7) is 1.73. The van der Waals surface area contributed by atoms with Crippen molar-refractivity contribution in [2.75, 3.05) is 5.73 Å². The van der Waals surface area contributed by atoms with Gasteiger partial charge in [0, 0.05) is 0 Å². The van der Waals surface area contributed by atoms with Crippen LogP contribution in [0, 0.1) is 6.92 Å². The van der Waals surface area contributed by atoms with Crippen LogP contribution in [0.1, 0.15) is 10.6 Å². The summed E-state index contributed by atoms with van der Waals surface area (Å²) in [6, 6.07) is 0. The lowest BCUT2D eigenvalue weighted by atomic mass is 10.4. The molecule has 1 radical (unpaired) electrons. The van der Waals surface area contributed by atoms with Gasteiger partial charge in [0.05, 0.1) is 5.69 Å². The molecule has 4 heteroatoms. The highest BCUT2D eigenvalue weighted by atomic mass is 32.1. The smallest absolute Gasteiger partial charge is 0.246 e. The summed E-state index contributed by atoms with van der Waals surface area (Å²) in [6.07, 6.45) is 1.74. The van der Waals surface area contributed by atoms with E-state index in [-0.39, 0.29) is 0 Å². The van der Waals surface area contributed by atoms with E-state index in [2.05, 4.69) is 4.98 Å². The molecule has 0 unspecified atom stereocenters. The summed E-state index contributed by atoms with van der Waals surface area (Å²) < 4.78 is 0. The van der Waals surface area contributed by atoms with Gasteiger partial charge in [-0.3, -0.25) is 4.79 Å². The zero-order valence-corrected chi connectivity index (χ0v) is 5.66. The molecule has 1 heterocycles. The van der Waals surface area contributed by atoms with Crippen molar-refractivity contribution < 1.29 is 4.79 Å². The first-order valence-electron chi connectivity index (χ1n) is 2.35. The molecule has 0 aliphatic carbocycles. The molecule has 47 valence electrons. The zero-order valence-electron chi connectivity index (χ0n) is 4.84. The first kappa shape index (κ1) is 6.22. The molecule has 9 heavy (non-hydrogen) atoms. The van der Waals surface area contributed by atoms with E-state index in [1.165, 1.54) is 0 Å². The van der Waals surface area contributed by atoms with Crippen molar-refractivity contribution in [2.45, 2.75) is 6.92 Å². The van der Waals surface area contributed by atoms with Crippen molar-refractivity contribution in [1.82, 2.24) is 4.98 Å². The number of hydrogen-bond donors (Lipinski definition) is 1. The third-order valence-electron chi connectivity index (χ3n) is 0.906. The molecular weight excluding hydrogens is 136 g/mol. The zero-order chi connectivity index (χ0) is 6.85. The summed E-state index contributed by atoms with van der Waals surface area (Å²) in [5, 5.41) is 0.422. The monoisotopic (exact) mass is 141 g/mol. The van der Waals surface area contributed by atoms with Crippen molar-refractivity contribution in [3.63, 3.8) is 0 Å². The third kappa shape index (κ3) is 1.08. The Morgan fingerprint density at radius 2 is 2.44 bits per heavy atom. The Kier molecular flexibility index (Phi) is 1.48. The van der Waals surface area contributed by atoms with Gasteiger partial charge in [0.2, 0.25) is 6.29 Å². The minimum absolute atomic E-state index is 0.422. The molecule has 0 aromatic carbocycles. The number of rotatable bonds is 1. The number of nitrogens with zero attached hydrogens (tertiary/aromatic N) is 1. The maximum absolute atomic E-state index is 10.0. The number of aryl methyl sites for hydroxylation is 1. The molecule has 1 aromatic rings. The lowest BCUT2D eigenvalue weighted by Gasteiger charge is -1.75. The van der Waals surface area contributed by atoms with E-state index < -0.39 is 0 Å². The minimum atomic E-state index is 0.422. The van der Waals surface area contributed by atoms with Gasteiger partial charge >= 0.3 is 0 Å². The molecule has 1 rings (SSSR count). The average Bonchev–Trinajstić information content (AvgIpc) is 2.10. The highest BCUT2D eigenvalue weighted by Crippen LogP contribution is 2.16. The van der Waals surface area contributed by atoms with Gasteiger partial charge in [0.25, 0.3) is 0 Å². The molecule has 0 saturated carbocycles. The van der Waals surface area contributed by atoms with E-state index >= 15 is 0 Å². The Morgan fingerprint density at radius 3 is 2.67 bits per heavy atom. The Hall–Kier alpha value is -0.900. The fourth-order valence-corrected chi connectivity index (χ4v) is 1.14. The number of nitrogen functional groups attached to an aromatic ring is 1. The molecular formula is C5H5N2OS. The molecule has 0 fully saturated rings. The van der Waals surface area contributed by atoms with Gasteiger partial charge in [-0.2, -0.15) is 0 Å². The van der Waals surface area contributed by atoms with Crippen LogP contribution in [-0.4, -0.2) is 11.3 Å². The Morgan fingerprint density at radius 1 is 1.78 bits per heavy atom. The summed E-state index contributed by atoms with van der Waals surface area (Å²) in [5.41, 5.74) is 5.94. The Bertz CT molecular complexity index is 231. The SMILES string of the molecule is Cc1nc(N)sc1[C]=O. The van der Waals surface area contributed by atoms with Gasteiger partial charge in [-0.15, -0.1) is 0 Å². The molecule has 0 saturated heterocycles. The van der Waals surface area contributed by atoms with Crippen molar-refractivity contribution in [2.24, 2.45) is 0 Å². The summed E-state index contributed by atoms with van der Waals surface area (Å²) >= 11 is 1.16. The first-order valence-corrected chi connectivity index (χ1v) is 3.16. The Balaban J connectivity index is 3.15. The maximum atomic E-state index is 10.0. The first-order chi connectivity index (χ1) is 4.24.